The van der Waals surface area contributed by atoms with Crippen molar-refractivity contribution in [3.05, 3.63) is 51.2 Å². The minimum absolute atomic E-state index is 0.0976. The van der Waals surface area contributed by atoms with Gasteiger partial charge in [-0.2, -0.15) is 13.2 Å². The van der Waals surface area contributed by atoms with E-state index in [2.05, 4.69) is 9.46 Å². The highest BCUT2D eigenvalue weighted by atomic mass is 32.2. The van der Waals surface area contributed by atoms with E-state index < -0.39 is 22.8 Å². The number of nitrogens with one attached hydrogen (secondary N) is 1. The lowest BCUT2D eigenvalue weighted by molar-refractivity contribution is -0.176. The van der Waals surface area contributed by atoms with E-state index in [9.17, 15) is 21.6 Å². The van der Waals surface area contributed by atoms with Crippen LogP contribution in [0.5, 0.6) is 0 Å². The SMILES string of the molecule is Cc1cc(S(=O)(=O)NCc2ccc(COCC(F)(F)F)cc2)c(C)s1. The Kier molecular flexibility index (Phi) is 6.26. The van der Waals surface area contributed by atoms with E-state index >= 15 is 0 Å². The molecule has 1 aromatic heterocycles. The molecule has 0 bridgehead atoms. The molecule has 0 amide bonds. The molecule has 4 nitrogen and oxygen atoms in total. The zero-order valence-electron chi connectivity index (χ0n) is 13.7. The van der Waals surface area contributed by atoms with Crippen molar-refractivity contribution in [2.45, 2.75) is 38.1 Å². The van der Waals surface area contributed by atoms with E-state index in [1.54, 1.807) is 37.3 Å². The molecule has 0 saturated heterocycles. The second-order valence-corrected chi connectivity index (χ2v) is 8.72. The molecule has 9 heteroatoms. The molecule has 0 unspecified atom stereocenters. The molecule has 25 heavy (non-hydrogen) atoms. The summed E-state index contributed by atoms with van der Waals surface area (Å²) in [5.74, 6) is 0. The van der Waals surface area contributed by atoms with E-state index in [1.807, 2.05) is 6.92 Å². The molecule has 0 atom stereocenters. The molecule has 1 heterocycles. The number of benzene rings is 1. The Morgan fingerprint density at radius 1 is 1.12 bits per heavy atom. The average molecular weight is 393 g/mol. The third kappa shape index (κ3) is 6.10. The zero-order valence-corrected chi connectivity index (χ0v) is 15.3. The van der Waals surface area contributed by atoms with Crippen molar-refractivity contribution < 1.29 is 26.3 Å². The molecule has 0 saturated carbocycles. The summed E-state index contributed by atoms with van der Waals surface area (Å²) in [5.41, 5.74) is 1.29. The summed E-state index contributed by atoms with van der Waals surface area (Å²) in [7, 11) is -3.60. The van der Waals surface area contributed by atoms with Crippen molar-refractivity contribution in [3.63, 3.8) is 0 Å². The molecule has 0 fully saturated rings. The van der Waals surface area contributed by atoms with Gasteiger partial charge in [0.15, 0.2) is 0 Å². The maximum atomic E-state index is 12.3. The van der Waals surface area contributed by atoms with Gasteiger partial charge in [0, 0.05) is 16.3 Å². The van der Waals surface area contributed by atoms with Gasteiger partial charge >= 0.3 is 6.18 Å². The summed E-state index contributed by atoms with van der Waals surface area (Å²) in [6, 6.07) is 8.16. The number of halogens is 3. The highest BCUT2D eigenvalue weighted by Gasteiger charge is 2.27. The number of alkyl halides is 3. The van der Waals surface area contributed by atoms with Crippen molar-refractivity contribution in [2.75, 3.05) is 6.61 Å². The summed E-state index contributed by atoms with van der Waals surface area (Å²) in [6.45, 7) is 2.24. The van der Waals surface area contributed by atoms with Gasteiger partial charge in [-0.1, -0.05) is 24.3 Å². The normalized spacial score (nSPS) is 12.5. The zero-order chi connectivity index (χ0) is 18.7. The number of hydrogen-bond acceptors (Lipinski definition) is 4. The first-order valence-electron chi connectivity index (χ1n) is 7.36. The van der Waals surface area contributed by atoms with Crippen LogP contribution in [0.15, 0.2) is 35.2 Å². The Morgan fingerprint density at radius 2 is 1.72 bits per heavy atom. The van der Waals surface area contributed by atoms with Gasteiger partial charge in [-0.25, -0.2) is 13.1 Å². The molecule has 138 valence electrons. The minimum atomic E-state index is -4.35. The number of thiophene rings is 1. The number of rotatable bonds is 7. The van der Waals surface area contributed by atoms with Crippen LogP contribution in [0.4, 0.5) is 13.2 Å². The Labute approximate surface area is 148 Å². The Hall–Kier alpha value is -1.42. The fraction of sp³-hybridized carbons (Fsp3) is 0.375. The maximum Gasteiger partial charge on any atom is 0.411 e. The molecule has 0 aliphatic heterocycles. The second kappa shape index (κ2) is 7.86. The number of aryl methyl sites for hydroxylation is 2. The average Bonchev–Trinajstić information content (AvgIpc) is 2.85. The van der Waals surface area contributed by atoms with Crippen LogP contribution in [0.2, 0.25) is 0 Å². The van der Waals surface area contributed by atoms with Crippen molar-refractivity contribution >= 4 is 21.4 Å². The van der Waals surface area contributed by atoms with Gasteiger partial charge in [0.2, 0.25) is 10.0 Å². The lowest BCUT2D eigenvalue weighted by Gasteiger charge is -2.09. The van der Waals surface area contributed by atoms with Crippen LogP contribution in [0.1, 0.15) is 20.9 Å². The first-order chi connectivity index (χ1) is 11.6. The summed E-state index contributed by atoms with van der Waals surface area (Å²) in [6.07, 6.45) is -4.35. The van der Waals surface area contributed by atoms with E-state index in [0.717, 1.165) is 9.75 Å². The third-order valence-electron chi connectivity index (χ3n) is 3.31. The molecule has 1 aromatic carbocycles. The smallest absolute Gasteiger partial charge is 0.367 e. The summed E-state index contributed by atoms with van der Waals surface area (Å²) >= 11 is 1.42. The standard InChI is InChI=1S/C16H18F3NO3S2/c1-11-7-15(12(2)24-11)25(21,22)20-8-13-3-5-14(6-4-13)9-23-10-16(17,18)19/h3-7,20H,8-10H2,1-2H3. The number of sulfonamides is 1. The highest BCUT2D eigenvalue weighted by molar-refractivity contribution is 7.89. The van der Waals surface area contributed by atoms with Crippen LogP contribution in [0.25, 0.3) is 0 Å². The van der Waals surface area contributed by atoms with Gasteiger partial charge in [-0.15, -0.1) is 11.3 Å². The Bertz CT molecular complexity index is 812. The quantitative estimate of drug-likeness (QED) is 0.776. The molecule has 1 N–H and O–H groups in total. The molecule has 0 aliphatic carbocycles. The summed E-state index contributed by atoms with van der Waals surface area (Å²) < 4.78 is 67.8. The van der Waals surface area contributed by atoms with Gasteiger partial charge in [-0.3, -0.25) is 0 Å². The molecule has 0 aliphatic rings. The maximum absolute atomic E-state index is 12.3. The van der Waals surface area contributed by atoms with Crippen LogP contribution in [-0.2, 0) is 27.9 Å². The minimum Gasteiger partial charge on any atom is -0.367 e. The summed E-state index contributed by atoms with van der Waals surface area (Å²) in [4.78, 5) is 1.91. The highest BCUT2D eigenvalue weighted by Crippen LogP contribution is 2.25. The van der Waals surface area contributed by atoms with Gasteiger partial charge in [0.05, 0.1) is 11.5 Å². The second-order valence-electron chi connectivity index (χ2n) is 5.53. The topological polar surface area (TPSA) is 55.4 Å². The molecule has 0 radical (unpaired) electrons. The molecule has 0 spiro atoms. The fourth-order valence-corrected chi connectivity index (χ4v) is 4.74. The van der Waals surface area contributed by atoms with E-state index in [-0.39, 0.29) is 18.0 Å². The molecular weight excluding hydrogens is 375 g/mol. The summed E-state index contributed by atoms with van der Waals surface area (Å²) in [5, 5.41) is 0. The monoisotopic (exact) mass is 393 g/mol. The van der Waals surface area contributed by atoms with E-state index in [1.165, 1.54) is 11.3 Å². The van der Waals surface area contributed by atoms with Crippen LogP contribution in [-0.4, -0.2) is 21.2 Å². The van der Waals surface area contributed by atoms with E-state index in [0.29, 0.717) is 11.1 Å². The largest absolute Gasteiger partial charge is 0.411 e. The van der Waals surface area contributed by atoms with Crippen molar-refractivity contribution in [2.24, 2.45) is 0 Å². The van der Waals surface area contributed by atoms with E-state index in [4.69, 9.17) is 0 Å². The molecule has 2 rings (SSSR count). The number of ether oxygens (including phenoxy) is 1. The van der Waals surface area contributed by atoms with Crippen molar-refractivity contribution in [3.8, 4) is 0 Å². The van der Waals surface area contributed by atoms with Crippen molar-refractivity contribution in [1.29, 1.82) is 0 Å². The van der Waals surface area contributed by atoms with Gasteiger partial charge < -0.3 is 4.74 Å². The lowest BCUT2D eigenvalue weighted by Crippen LogP contribution is -2.23. The van der Waals surface area contributed by atoms with Crippen molar-refractivity contribution in [1.82, 2.24) is 4.72 Å². The van der Waals surface area contributed by atoms with Crippen LogP contribution in [0, 0.1) is 13.8 Å². The molecular formula is C16H18F3NO3S2. The van der Waals surface area contributed by atoms with Crippen LogP contribution >= 0.6 is 11.3 Å². The van der Waals surface area contributed by atoms with Gasteiger partial charge in [0.1, 0.15) is 6.61 Å². The third-order valence-corrected chi connectivity index (χ3v) is 5.93. The number of hydrogen-bond donors (Lipinski definition) is 1. The predicted molar refractivity (Wildman–Crippen MR) is 90.0 cm³/mol. The lowest BCUT2D eigenvalue weighted by atomic mass is 10.1. The Balaban J connectivity index is 1.92. The van der Waals surface area contributed by atoms with Crippen LogP contribution < -0.4 is 4.72 Å². The Morgan fingerprint density at radius 3 is 2.24 bits per heavy atom. The predicted octanol–water partition coefficient (Wildman–Crippen LogP) is 3.92. The first-order valence-corrected chi connectivity index (χ1v) is 9.66. The van der Waals surface area contributed by atoms with Crippen LogP contribution in [0.3, 0.4) is 0 Å². The van der Waals surface area contributed by atoms with Gasteiger partial charge in [-0.05, 0) is 31.0 Å². The molecule has 2 aromatic rings. The van der Waals surface area contributed by atoms with Gasteiger partial charge in [0.25, 0.3) is 0 Å². The first kappa shape index (κ1) is 19.9. The fourth-order valence-electron chi connectivity index (χ4n) is 2.17.